The van der Waals surface area contributed by atoms with Crippen LogP contribution in [0.5, 0.6) is 0 Å². The Labute approximate surface area is 92.3 Å². The van der Waals surface area contributed by atoms with Crippen LogP contribution >= 0.6 is 0 Å². The molecule has 0 radical (unpaired) electrons. The summed E-state index contributed by atoms with van der Waals surface area (Å²) in [4.78, 5) is 0. The van der Waals surface area contributed by atoms with Crippen molar-refractivity contribution < 1.29 is 0 Å². The van der Waals surface area contributed by atoms with E-state index >= 15 is 0 Å². The lowest BCUT2D eigenvalue weighted by molar-refractivity contribution is 0.528. The van der Waals surface area contributed by atoms with E-state index in [0.29, 0.717) is 6.04 Å². The van der Waals surface area contributed by atoms with Crippen molar-refractivity contribution in [2.75, 3.05) is 6.54 Å². The van der Waals surface area contributed by atoms with Crippen molar-refractivity contribution in [1.29, 1.82) is 0 Å². The van der Waals surface area contributed by atoms with Crippen LogP contribution in [0.25, 0.3) is 0 Å². The Morgan fingerprint density at radius 2 is 2.00 bits per heavy atom. The van der Waals surface area contributed by atoms with E-state index in [2.05, 4.69) is 42.4 Å². The van der Waals surface area contributed by atoms with Crippen LogP contribution in [-0.4, -0.2) is 16.7 Å². The van der Waals surface area contributed by atoms with Gasteiger partial charge in [-0.2, -0.15) is 10.2 Å². The van der Waals surface area contributed by atoms with Crippen LogP contribution in [0.15, 0.2) is 6.07 Å². The van der Waals surface area contributed by atoms with Gasteiger partial charge >= 0.3 is 0 Å². The molecule has 0 aliphatic carbocycles. The highest BCUT2D eigenvalue weighted by atomic mass is 15.1. The second-order valence-corrected chi connectivity index (χ2v) is 3.76. The third-order valence-electron chi connectivity index (χ3n) is 2.60. The molecule has 0 amide bonds. The molecule has 0 aliphatic rings. The van der Waals surface area contributed by atoms with Gasteiger partial charge in [-0.3, -0.25) is 0 Å². The van der Waals surface area contributed by atoms with Gasteiger partial charge in [-0.15, -0.1) is 0 Å². The van der Waals surface area contributed by atoms with E-state index in [0.717, 1.165) is 30.8 Å². The molecule has 1 aromatic rings. The summed E-state index contributed by atoms with van der Waals surface area (Å²) in [6, 6.07) is 2.57. The van der Waals surface area contributed by atoms with E-state index < -0.39 is 0 Å². The van der Waals surface area contributed by atoms with Gasteiger partial charge < -0.3 is 5.32 Å². The maximum atomic E-state index is 4.26. The highest BCUT2D eigenvalue weighted by Gasteiger charge is 2.13. The molecule has 0 saturated heterocycles. The number of hydrogen-bond donors (Lipinski definition) is 1. The zero-order valence-electron chi connectivity index (χ0n) is 10.2. The Morgan fingerprint density at radius 1 is 1.27 bits per heavy atom. The Balaban J connectivity index is 3.02. The highest BCUT2D eigenvalue weighted by Crippen LogP contribution is 2.20. The maximum absolute atomic E-state index is 4.26. The van der Waals surface area contributed by atoms with Gasteiger partial charge in [0.05, 0.1) is 11.4 Å². The fraction of sp³-hybridized carbons (Fsp3) is 0.667. The quantitative estimate of drug-likeness (QED) is 0.805. The van der Waals surface area contributed by atoms with Crippen LogP contribution in [0.2, 0.25) is 0 Å². The Morgan fingerprint density at radius 3 is 2.53 bits per heavy atom. The normalized spacial score (nSPS) is 12.8. The Kier molecular flexibility index (Phi) is 4.69. The molecule has 0 saturated carbocycles. The summed E-state index contributed by atoms with van der Waals surface area (Å²) in [5.41, 5.74) is 3.43. The molecule has 3 heteroatoms. The standard InChI is InChI=1S/C12H21N3/c1-5-11(13-7-3)10-8-9(4)14-15-12(10)6-2/h8,11,13H,5-7H2,1-4H3. The predicted octanol–water partition coefficient (Wildman–Crippen LogP) is 2.41. The molecule has 1 N–H and O–H groups in total. The zero-order chi connectivity index (χ0) is 11.3. The lowest BCUT2D eigenvalue weighted by Gasteiger charge is -2.18. The van der Waals surface area contributed by atoms with E-state index in [1.165, 1.54) is 5.56 Å². The largest absolute Gasteiger partial charge is 0.310 e. The van der Waals surface area contributed by atoms with Gasteiger partial charge in [-0.05, 0) is 37.9 Å². The molecule has 1 atom stereocenters. The van der Waals surface area contributed by atoms with Crippen LogP contribution in [0, 0.1) is 6.92 Å². The summed E-state index contributed by atoms with van der Waals surface area (Å²) in [5, 5.41) is 11.9. The highest BCUT2D eigenvalue weighted by molar-refractivity contribution is 5.24. The molecule has 1 rings (SSSR count). The van der Waals surface area contributed by atoms with E-state index in [9.17, 15) is 0 Å². The lowest BCUT2D eigenvalue weighted by atomic mass is 10.0. The van der Waals surface area contributed by atoms with Crippen molar-refractivity contribution in [3.05, 3.63) is 23.0 Å². The second-order valence-electron chi connectivity index (χ2n) is 3.76. The van der Waals surface area contributed by atoms with Crippen molar-refractivity contribution in [2.45, 2.75) is 46.6 Å². The lowest BCUT2D eigenvalue weighted by Crippen LogP contribution is -2.22. The van der Waals surface area contributed by atoms with Crippen molar-refractivity contribution in [1.82, 2.24) is 15.5 Å². The van der Waals surface area contributed by atoms with Crippen LogP contribution in [0.1, 0.15) is 50.2 Å². The SMILES string of the molecule is CCNC(CC)c1cc(C)nnc1CC. The van der Waals surface area contributed by atoms with Crippen LogP contribution in [0.3, 0.4) is 0 Å². The second kappa shape index (κ2) is 5.81. The Bertz CT molecular complexity index is 310. The molecule has 0 spiro atoms. The molecule has 1 unspecified atom stereocenters. The molecule has 1 aromatic heterocycles. The van der Waals surface area contributed by atoms with Gasteiger partial charge in [0.15, 0.2) is 0 Å². The molecule has 0 aromatic carbocycles. The van der Waals surface area contributed by atoms with Gasteiger partial charge in [0.2, 0.25) is 0 Å². The summed E-state index contributed by atoms with van der Waals surface area (Å²) in [6.45, 7) is 9.44. The Hall–Kier alpha value is -0.960. The average molecular weight is 207 g/mol. The smallest absolute Gasteiger partial charge is 0.0676 e. The minimum absolute atomic E-state index is 0.416. The number of hydrogen-bond acceptors (Lipinski definition) is 3. The molecule has 1 heterocycles. The fourth-order valence-electron chi connectivity index (χ4n) is 1.83. The number of nitrogens with zero attached hydrogens (tertiary/aromatic N) is 2. The van der Waals surface area contributed by atoms with Crippen molar-refractivity contribution >= 4 is 0 Å². The van der Waals surface area contributed by atoms with Crippen molar-refractivity contribution in [3.8, 4) is 0 Å². The summed E-state index contributed by atoms with van der Waals surface area (Å²) >= 11 is 0. The number of aromatic nitrogens is 2. The van der Waals surface area contributed by atoms with Gasteiger partial charge in [0.25, 0.3) is 0 Å². The average Bonchev–Trinajstić information content (AvgIpc) is 2.26. The van der Waals surface area contributed by atoms with Crippen LogP contribution in [0.4, 0.5) is 0 Å². The number of nitrogens with one attached hydrogen (secondary N) is 1. The first kappa shape index (κ1) is 12.1. The van der Waals surface area contributed by atoms with E-state index in [4.69, 9.17) is 0 Å². The maximum Gasteiger partial charge on any atom is 0.0676 e. The molecule has 84 valence electrons. The first-order valence-electron chi connectivity index (χ1n) is 5.79. The minimum Gasteiger partial charge on any atom is -0.310 e. The molecular formula is C12H21N3. The first-order valence-corrected chi connectivity index (χ1v) is 5.79. The molecular weight excluding hydrogens is 186 g/mol. The number of aryl methyl sites for hydroxylation is 2. The number of rotatable bonds is 5. The third kappa shape index (κ3) is 2.99. The zero-order valence-corrected chi connectivity index (χ0v) is 10.2. The van der Waals surface area contributed by atoms with E-state index in [-0.39, 0.29) is 0 Å². The molecule has 0 bridgehead atoms. The summed E-state index contributed by atoms with van der Waals surface area (Å²) < 4.78 is 0. The van der Waals surface area contributed by atoms with E-state index in [1.54, 1.807) is 0 Å². The predicted molar refractivity (Wildman–Crippen MR) is 62.9 cm³/mol. The first-order chi connectivity index (χ1) is 7.22. The van der Waals surface area contributed by atoms with Crippen LogP contribution < -0.4 is 5.32 Å². The molecule has 3 nitrogen and oxygen atoms in total. The molecule has 0 fully saturated rings. The van der Waals surface area contributed by atoms with Crippen molar-refractivity contribution in [3.63, 3.8) is 0 Å². The molecule has 0 aliphatic heterocycles. The topological polar surface area (TPSA) is 37.8 Å². The van der Waals surface area contributed by atoms with Gasteiger partial charge in [0.1, 0.15) is 0 Å². The van der Waals surface area contributed by atoms with Gasteiger partial charge in [-0.25, -0.2) is 0 Å². The molecule has 15 heavy (non-hydrogen) atoms. The van der Waals surface area contributed by atoms with Crippen LogP contribution in [-0.2, 0) is 6.42 Å². The minimum atomic E-state index is 0.416. The van der Waals surface area contributed by atoms with Gasteiger partial charge in [-0.1, -0.05) is 20.8 Å². The van der Waals surface area contributed by atoms with E-state index in [1.807, 2.05) is 6.92 Å². The summed E-state index contributed by atoms with van der Waals surface area (Å²) in [7, 11) is 0. The monoisotopic (exact) mass is 207 g/mol. The summed E-state index contributed by atoms with van der Waals surface area (Å²) in [6.07, 6.45) is 2.04. The fourth-order valence-corrected chi connectivity index (χ4v) is 1.83. The van der Waals surface area contributed by atoms with Gasteiger partial charge in [0, 0.05) is 6.04 Å². The third-order valence-corrected chi connectivity index (χ3v) is 2.60. The van der Waals surface area contributed by atoms with Crippen molar-refractivity contribution in [2.24, 2.45) is 0 Å². The summed E-state index contributed by atoms with van der Waals surface area (Å²) in [5.74, 6) is 0.